The molecule has 2 aromatic carbocycles. The van der Waals surface area contributed by atoms with Crippen molar-refractivity contribution >= 4 is 35.0 Å². The van der Waals surface area contributed by atoms with Crippen LogP contribution in [0.1, 0.15) is 0 Å². The fourth-order valence-corrected chi connectivity index (χ4v) is 2.83. The maximum absolute atomic E-state index is 13.7. The number of aromatic amines is 1. The molecule has 0 spiro atoms. The van der Waals surface area contributed by atoms with Gasteiger partial charge >= 0.3 is 0 Å². The van der Waals surface area contributed by atoms with Gasteiger partial charge in [-0.1, -0.05) is 0 Å². The SMILES string of the molecule is CSc1ccc(-n2c(=S)[nH]c3c(F)cc(F)cc32)cc1. The van der Waals surface area contributed by atoms with Crippen LogP contribution in [0.3, 0.4) is 0 Å². The molecule has 1 aromatic heterocycles. The van der Waals surface area contributed by atoms with Gasteiger partial charge < -0.3 is 4.98 Å². The lowest BCUT2D eigenvalue weighted by molar-refractivity contribution is 0.590. The van der Waals surface area contributed by atoms with Crippen LogP contribution in [0.15, 0.2) is 41.3 Å². The van der Waals surface area contributed by atoms with Crippen molar-refractivity contribution in [2.75, 3.05) is 6.26 Å². The number of nitrogens with zero attached hydrogens (tertiary/aromatic N) is 1. The standard InChI is InChI=1S/C14H10F2N2S2/c1-20-10-4-2-9(3-5-10)18-12-7-8(15)6-11(16)13(12)17-14(18)19/h2-7H,1H3,(H,17,19). The molecule has 0 unspecified atom stereocenters. The summed E-state index contributed by atoms with van der Waals surface area (Å²) in [5.41, 5.74) is 1.37. The van der Waals surface area contributed by atoms with Crippen LogP contribution < -0.4 is 0 Å². The first kappa shape index (κ1) is 13.3. The molecule has 6 heteroatoms. The van der Waals surface area contributed by atoms with Crippen LogP contribution >= 0.6 is 24.0 Å². The third-order valence-electron chi connectivity index (χ3n) is 3.04. The van der Waals surface area contributed by atoms with E-state index in [4.69, 9.17) is 12.2 Å². The van der Waals surface area contributed by atoms with E-state index in [1.165, 1.54) is 6.07 Å². The number of nitrogens with one attached hydrogen (secondary N) is 1. The van der Waals surface area contributed by atoms with Gasteiger partial charge in [0.2, 0.25) is 0 Å². The molecule has 102 valence electrons. The third-order valence-corrected chi connectivity index (χ3v) is 4.07. The molecular weight excluding hydrogens is 298 g/mol. The molecule has 0 aliphatic rings. The molecule has 20 heavy (non-hydrogen) atoms. The Bertz CT molecular complexity index is 835. The van der Waals surface area contributed by atoms with Gasteiger partial charge in [0, 0.05) is 22.7 Å². The summed E-state index contributed by atoms with van der Waals surface area (Å²) >= 11 is 6.84. The molecule has 0 atom stereocenters. The van der Waals surface area contributed by atoms with Gasteiger partial charge in [0.05, 0.1) is 5.52 Å². The number of aromatic nitrogens is 2. The summed E-state index contributed by atoms with van der Waals surface area (Å²) in [6.45, 7) is 0. The fourth-order valence-electron chi connectivity index (χ4n) is 2.12. The molecule has 2 nitrogen and oxygen atoms in total. The minimum atomic E-state index is -0.648. The van der Waals surface area contributed by atoms with E-state index in [0.717, 1.165) is 16.6 Å². The van der Waals surface area contributed by atoms with Gasteiger partial charge in [-0.05, 0) is 42.7 Å². The molecule has 1 N–H and O–H groups in total. The lowest BCUT2D eigenvalue weighted by atomic mass is 10.2. The number of rotatable bonds is 2. The highest BCUT2D eigenvalue weighted by atomic mass is 32.2. The van der Waals surface area contributed by atoms with Gasteiger partial charge in [0.1, 0.15) is 11.3 Å². The van der Waals surface area contributed by atoms with Crippen molar-refractivity contribution in [3.63, 3.8) is 0 Å². The van der Waals surface area contributed by atoms with Crippen LogP contribution in [-0.4, -0.2) is 15.8 Å². The molecule has 0 radical (unpaired) electrons. The number of halogens is 2. The summed E-state index contributed by atoms with van der Waals surface area (Å²) in [6, 6.07) is 9.74. The smallest absolute Gasteiger partial charge is 0.182 e. The number of thioether (sulfide) groups is 1. The van der Waals surface area contributed by atoms with Gasteiger partial charge in [0.25, 0.3) is 0 Å². The van der Waals surface area contributed by atoms with E-state index in [9.17, 15) is 8.78 Å². The maximum Gasteiger partial charge on any atom is 0.182 e. The molecule has 0 fully saturated rings. The first-order chi connectivity index (χ1) is 9.60. The zero-order chi connectivity index (χ0) is 14.3. The fraction of sp³-hybridized carbons (Fsp3) is 0.0714. The van der Waals surface area contributed by atoms with Crippen LogP contribution in [-0.2, 0) is 0 Å². The van der Waals surface area contributed by atoms with Gasteiger partial charge in [-0.2, -0.15) is 0 Å². The van der Waals surface area contributed by atoms with E-state index in [-0.39, 0.29) is 5.52 Å². The molecule has 0 bridgehead atoms. The summed E-state index contributed by atoms with van der Waals surface area (Å²) in [4.78, 5) is 3.89. The lowest BCUT2D eigenvalue weighted by Gasteiger charge is -2.05. The quantitative estimate of drug-likeness (QED) is 0.548. The number of hydrogen-bond donors (Lipinski definition) is 1. The summed E-state index contributed by atoms with van der Waals surface area (Å²) in [7, 11) is 0. The van der Waals surface area contributed by atoms with E-state index in [0.29, 0.717) is 10.3 Å². The van der Waals surface area contributed by atoms with Crippen LogP contribution in [0, 0.1) is 16.4 Å². The van der Waals surface area contributed by atoms with Crippen molar-refractivity contribution in [1.82, 2.24) is 9.55 Å². The van der Waals surface area contributed by atoms with Crippen LogP contribution in [0.2, 0.25) is 0 Å². The van der Waals surface area contributed by atoms with E-state index in [2.05, 4.69) is 4.98 Å². The molecule has 1 heterocycles. The highest BCUT2D eigenvalue weighted by molar-refractivity contribution is 7.98. The Kier molecular flexibility index (Phi) is 3.35. The molecule has 0 saturated carbocycles. The van der Waals surface area contributed by atoms with Crippen LogP contribution in [0.4, 0.5) is 8.78 Å². The second-order valence-electron chi connectivity index (χ2n) is 4.25. The van der Waals surface area contributed by atoms with Crippen LogP contribution in [0.5, 0.6) is 0 Å². The Hall–Kier alpha value is -1.66. The molecule has 0 aliphatic heterocycles. The van der Waals surface area contributed by atoms with E-state index in [1.54, 1.807) is 16.3 Å². The average Bonchev–Trinajstić information content (AvgIpc) is 2.76. The first-order valence-electron chi connectivity index (χ1n) is 5.84. The first-order valence-corrected chi connectivity index (χ1v) is 7.47. The predicted molar refractivity (Wildman–Crippen MR) is 80.2 cm³/mol. The number of hydrogen-bond acceptors (Lipinski definition) is 2. The second kappa shape index (κ2) is 5.03. The summed E-state index contributed by atoms with van der Waals surface area (Å²) in [5.74, 6) is -1.27. The Morgan fingerprint density at radius 1 is 1.15 bits per heavy atom. The van der Waals surface area contributed by atoms with Crippen molar-refractivity contribution in [1.29, 1.82) is 0 Å². The minimum absolute atomic E-state index is 0.213. The number of H-pyrrole nitrogens is 1. The van der Waals surface area contributed by atoms with Crippen molar-refractivity contribution in [3.8, 4) is 5.69 Å². The Balaban J connectivity index is 2.29. The maximum atomic E-state index is 13.7. The Labute approximate surface area is 123 Å². The highest BCUT2D eigenvalue weighted by Gasteiger charge is 2.12. The second-order valence-corrected chi connectivity index (χ2v) is 5.51. The van der Waals surface area contributed by atoms with E-state index in [1.807, 2.05) is 30.5 Å². The lowest BCUT2D eigenvalue weighted by Crippen LogP contribution is -1.94. The monoisotopic (exact) mass is 308 g/mol. The van der Waals surface area contributed by atoms with E-state index >= 15 is 0 Å². The predicted octanol–water partition coefficient (Wildman–Crippen LogP) is 4.69. The van der Waals surface area contributed by atoms with Gasteiger partial charge in [-0.15, -0.1) is 11.8 Å². The van der Waals surface area contributed by atoms with Crippen molar-refractivity contribution in [2.45, 2.75) is 4.90 Å². The highest BCUT2D eigenvalue weighted by Crippen LogP contribution is 2.24. The largest absolute Gasteiger partial charge is 0.328 e. The van der Waals surface area contributed by atoms with Crippen LogP contribution in [0.25, 0.3) is 16.7 Å². The third kappa shape index (κ3) is 2.14. The van der Waals surface area contributed by atoms with Gasteiger partial charge in [-0.3, -0.25) is 4.57 Å². The molecule has 0 amide bonds. The summed E-state index contributed by atoms with van der Waals surface area (Å²) in [6.07, 6.45) is 1.98. The minimum Gasteiger partial charge on any atom is -0.328 e. The number of imidazole rings is 1. The molecular formula is C14H10F2N2S2. The van der Waals surface area contributed by atoms with E-state index < -0.39 is 11.6 Å². The Morgan fingerprint density at radius 2 is 1.85 bits per heavy atom. The topological polar surface area (TPSA) is 20.7 Å². The molecule has 3 rings (SSSR count). The number of fused-ring (bicyclic) bond motifs is 1. The van der Waals surface area contributed by atoms with Crippen molar-refractivity contribution < 1.29 is 8.78 Å². The van der Waals surface area contributed by atoms with Crippen molar-refractivity contribution in [2.24, 2.45) is 0 Å². The molecule has 3 aromatic rings. The van der Waals surface area contributed by atoms with Crippen molar-refractivity contribution in [3.05, 3.63) is 52.8 Å². The number of benzene rings is 2. The zero-order valence-corrected chi connectivity index (χ0v) is 12.1. The van der Waals surface area contributed by atoms with Gasteiger partial charge in [-0.25, -0.2) is 8.78 Å². The molecule has 0 saturated heterocycles. The normalized spacial score (nSPS) is 11.2. The average molecular weight is 308 g/mol. The Morgan fingerprint density at radius 3 is 2.50 bits per heavy atom. The summed E-state index contributed by atoms with van der Waals surface area (Å²) < 4.78 is 29.1. The zero-order valence-electron chi connectivity index (χ0n) is 10.5. The summed E-state index contributed by atoms with van der Waals surface area (Å²) in [5, 5.41) is 0. The molecule has 0 aliphatic carbocycles. The van der Waals surface area contributed by atoms with Gasteiger partial charge in [0.15, 0.2) is 10.6 Å².